The minimum atomic E-state index is 0. The molecule has 0 radical (unpaired) electrons. The predicted molar refractivity (Wildman–Crippen MR) is 62.4 cm³/mol. The van der Waals surface area contributed by atoms with E-state index in [4.69, 9.17) is 0 Å². The number of hydrogen-bond acceptors (Lipinski definition) is 2. The maximum Gasteiger partial charge on any atom is 1.00 e. The average Bonchev–Trinajstić information content (AvgIpc) is 2.63. The van der Waals surface area contributed by atoms with Gasteiger partial charge in [-0.1, -0.05) is 26.2 Å². The molecule has 0 aromatic carbocycles. The third-order valence-corrected chi connectivity index (χ3v) is 3.69. The molecule has 1 aromatic heterocycles. The monoisotopic (exact) mass is 213 g/mol. The topological polar surface area (TPSA) is 12.4 Å². The third kappa shape index (κ3) is 3.79. The van der Waals surface area contributed by atoms with Crippen LogP contribution in [0.3, 0.4) is 0 Å². The molecule has 1 heterocycles. The van der Waals surface area contributed by atoms with Crippen LogP contribution in [0.2, 0.25) is 0 Å². The summed E-state index contributed by atoms with van der Waals surface area (Å²) in [5.74, 6) is 0. The molecule has 15 heavy (non-hydrogen) atoms. The van der Waals surface area contributed by atoms with E-state index in [1.54, 1.807) is 11.3 Å². The molecule has 1 nitrogen and oxygen atoms in total. The molecule has 0 saturated heterocycles. The normalized spacial score (nSPS) is 17.9. The molecule has 1 aliphatic carbocycles. The van der Waals surface area contributed by atoms with Gasteiger partial charge in [-0.2, -0.15) is 11.6 Å². The Bertz CT molecular complexity index is 313. The Hall–Kier alpha value is -0.0326. The van der Waals surface area contributed by atoms with Gasteiger partial charge < -0.3 is 4.99 Å². The molecule has 1 aromatic rings. The predicted octanol–water partition coefficient (Wildman–Crippen LogP) is 0.612. The Morgan fingerprint density at radius 3 is 2.73 bits per heavy atom. The van der Waals surface area contributed by atoms with Gasteiger partial charge in [0.15, 0.2) is 0 Å². The van der Waals surface area contributed by atoms with Crippen molar-refractivity contribution in [2.24, 2.45) is 4.99 Å². The number of aliphatic imine (C=N–C) groups is 1. The largest absolute Gasteiger partial charge is 1.00 e. The van der Waals surface area contributed by atoms with E-state index in [1.807, 2.05) is 12.3 Å². The minimum Gasteiger partial charge on any atom is -0.303 e. The van der Waals surface area contributed by atoms with Crippen molar-refractivity contribution < 1.29 is 18.9 Å². The van der Waals surface area contributed by atoms with Gasteiger partial charge >= 0.3 is 18.9 Å². The van der Waals surface area contributed by atoms with Crippen LogP contribution in [-0.2, 0) is 0 Å². The molecular formula is C12H16LiNS. The molecule has 0 bridgehead atoms. The van der Waals surface area contributed by atoms with Crippen LogP contribution < -0.4 is 18.9 Å². The van der Waals surface area contributed by atoms with Gasteiger partial charge in [0, 0.05) is 6.04 Å². The molecule has 1 aliphatic rings. The van der Waals surface area contributed by atoms with E-state index >= 15 is 0 Å². The van der Waals surface area contributed by atoms with E-state index in [2.05, 4.69) is 17.3 Å². The molecule has 0 unspecified atom stereocenters. The van der Waals surface area contributed by atoms with Crippen LogP contribution >= 0.6 is 11.3 Å². The Morgan fingerprint density at radius 1 is 1.40 bits per heavy atom. The summed E-state index contributed by atoms with van der Waals surface area (Å²) in [6.07, 6.45) is 8.73. The molecule has 0 aliphatic heterocycles. The van der Waals surface area contributed by atoms with Crippen LogP contribution in [0.5, 0.6) is 0 Å². The second-order valence-electron chi connectivity index (χ2n) is 3.98. The Morgan fingerprint density at radius 2 is 2.13 bits per heavy atom. The summed E-state index contributed by atoms with van der Waals surface area (Å²) < 4.78 is 0. The zero-order valence-electron chi connectivity index (χ0n) is 9.62. The van der Waals surface area contributed by atoms with Gasteiger partial charge in [-0.25, -0.2) is 0 Å². The SMILES string of the molecule is Cc1c[c-]sc1C=NC1CCCCC1.[Li+]. The summed E-state index contributed by atoms with van der Waals surface area (Å²) in [4.78, 5) is 5.93. The van der Waals surface area contributed by atoms with Gasteiger partial charge in [-0.15, -0.1) is 10.3 Å². The summed E-state index contributed by atoms with van der Waals surface area (Å²) >= 11 is 1.66. The van der Waals surface area contributed by atoms with Crippen LogP contribution in [0.25, 0.3) is 0 Å². The van der Waals surface area contributed by atoms with Crippen molar-refractivity contribution in [2.75, 3.05) is 0 Å². The van der Waals surface area contributed by atoms with Crippen LogP contribution in [0.4, 0.5) is 0 Å². The molecule has 0 N–H and O–H groups in total. The third-order valence-electron chi connectivity index (χ3n) is 2.81. The van der Waals surface area contributed by atoms with Crippen molar-refractivity contribution in [3.05, 3.63) is 21.9 Å². The molecule has 1 fully saturated rings. The molecule has 0 atom stereocenters. The van der Waals surface area contributed by atoms with Crippen molar-refractivity contribution in [2.45, 2.75) is 45.1 Å². The van der Waals surface area contributed by atoms with Crippen LogP contribution in [0, 0.1) is 12.3 Å². The fraction of sp³-hybridized carbons (Fsp3) is 0.583. The fourth-order valence-electron chi connectivity index (χ4n) is 1.86. The summed E-state index contributed by atoms with van der Waals surface area (Å²) in [5, 5.41) is 3.14. The zero-order valence-corrected chi connectivity index (χ0v) is 10.4. The first-order chi connectivity index (χ1) is 6.86. The smallest absolute Gasteiger partial charge is 0.303 e. The Balaban J connectivity index is 0.00000112. The van der Waals surface area contributed by atoms with E-state index in [1.165, 1.54) is 42.5 Å². The van der Waals surface area contributed by atoms with Gasteiger partial charge in [-0.05, 0) is 19.1 Å². The van der Waals surface area contributed by atoms with E-state index in [9.17, 15) is 0 Å². The van der Waals surface area contributed by atoms with Crippen molar-refractivity contribution in [1.29, 1.82) is 0 Å². The van der Waals surface area contributed by atoms with E-state index in [0.717, 1.165) is 0 Å². The van der Waals surface area contributed by atoms with E-state index < -0.39 is 0 Å². The van der Waals surface area contributed by atoms with Crippen molar-refractivity contribution in [3.8, 4) is 0 Å². The van der Waals surface area contributed by atoms with Gasteiger partial charge in [-0.3, -0.25) is 11.3 Å². The molecule has 0 amide bonds. The first-order valence-corrected chi connectivity index (χ1v) is 6.17. The fourth-order valence-corrected chi connectivity index (χ4v) is 2.56. The molecule has 3 heteroatoms. The number of rotatable bonds is 2. The second kappa shape index (κ2) is 6.53. The van der Waals surface area contributed by atoms with Crippen LogP contribution in [0.15, 0.2) is 11.1 Å². The molecule has 2 rings (SSSR count). The maximum absolute atomic E-state index is 4.65. The van der Waals surface area contributed by atoms with Crippen molar-refractivity contribution in [1.82, 2.24) is 0 Å². The quantitative estimate of drug-likeness (QED) is 0.388. The first kappa shape index (κ1) is 13.0. The van der Waals surface area contributed by atoms with Gasteiger partial charge in [0.25, 0.3) is 0 Å². The number of aryl methyl sites for hydroxylation is 1. The molecular weight excluding hydrogens is 197 g/mol. The van der Waals surface area contributed by atoms with Crippen molar-refractivity contribution in [3.63, 3.8) is 0 Å². The summed E-state index contributed by atoms with van der Waals surface area (Å²) in [5.41, 5.74) is 1.30. The van der Waals surface area contributed by atoms with E-state index in [0.29, 0.717) is 6.04 Å². The molecule has 76 valence electrons. The summed E-state index contributed by atoms with van der Waals surface area (Å²) in [7, 11) is 0. The summed E-state index contributed by atoms with van der Waals surface area (Å²) in [6.45, 7) is 2.12. The summed E-state index contributed by atoms with van der Waals surface area (Å²) in [6, 6.07) is 2.62. The van der Waals surface area contributed by atoms with Crippen LogP contribution in [0.1, 0.15) is 42.5 Å². The van der Waals surface area contributed by atoms with Crippen LogP contribution in [-0.4, -0.2) is 12.3 Å². The van der Waals surface area contributed by atoms with E-state index in [-0.39, 0.29) is 18.9 Å². The zero-order chi connectivity index (χ0) is 9.80. The standard InChI is InChI=1S/C12H16NS.Li/c1-10-7-8-14-12(10)9-13-11-5-3-2-4-6-11;/h7,9,11H,2-6H2,1H3;/q-1;+1. The second-order valence-corrected chi connectivity index (χ2v) is 4.86. The first-order valence-electron chi connectivity index (χ1n) is 5.36. The molecule has 0 spiro atoms. The minimum absolute atomic E-state index is 0. The van der Waals surface area contributed by atoms with Gasteiger partial charge in [0.1, 0.15) is 0 Å². The number of nitrogens with zero attached hydrogens (tertiary/aromatic N) is 1. The number of thiophene rings is 1. The average molecular weight is 213 g/mol. The molecule has 1 saturated carbocycles. The number of hydrogen-bond donors (Lipinski definition) is 0. The Kier molecular flexibility index (Phi) is 5.67. The Labute approximate surface area is 108 Å². The van der Waals surface area contributed by atoms with Crippen molar-refractivity contribution >= 4 is 17.6 Å². The van der Waals surface area contributed by atoms with Gasteiger partial charge in [0.2, 0.25) is 0 Å². The van der Waals surface area contributed by atoms with Gasteiger partial charge in [0.05, 0.1) is 0 Å². The maximum atomic E-state index is 4.65.